The van der Waals surface area contributed by atoms with Gasteiger partial charge >= 0.3 is 0 Å². The van der Waals surface area contributed by atoms with E-state index in [9.17, 15) is 9.59 Å². The van der Waals surface area contributed by atoms with E-state index in [1.54, 1.807) is 19.3 Å². The summed E-state index contributed by atoms with van der Waals surface area (Å²) in [4.78, 5) is 33.3. The number of rotatable bonds is 2. The van der Waals surface area contributed by atoms with Crippen LogP contribution >= 0.6 is 0 Å². The number of carbonyl (C=O) groups is 2. The number of nitrogens with one attached hydrogen (secondary N) is 1. The van der Waals surface area contributed by atoms with Crippen molar-refractivity contribution < 1.29 is 9.59 Å². The normalized spacial score (nSPS) is 29.2. The van der Waals surface area contributed by atoms with Crippen LogP contribution in [0.25, 0.3) is 0 Å². The predicted molar refractivity (Wildman–Crippen MR) is 90.8 cm³/mol. The minimum absolute atomic E-state index is 0.0942. The molecule has 128 valence electrons. The van der Waals surface area contributed by atoms with Crippen LogP contribution in [-0.2, 0) is 4.79 Å². The van der Waals surface area contributed by atoms with Crippen molar-refractivity contribution in [3.63, 3.8) is 0 Å². The van der Waals surface area contributed by atoms with Gasteiger partial charge in [0.05, 0.1) is 5.56 Å². The molecule has 4 rings (SSSR count). The van der Waals surface area contributed by atoms with Crippen molar-refractivity contribution in [1.82, 2.24) is 15.2 Å². The molecule has 3 saturated heterocycles. The summed E-state index contributed by atoms with van der Waals surface area (Å²) in [7, 11) is 1.65. The van der Waals surface area contributed by atoms with Gasteiger partial charge in [-0.1, -0.05) is 0 Å². The molecular formula is C18H24N4O2. The van der Waals surface area contributed by atoms with Gasteiger partial charge in [-0.3, -0.25) is 9.59 Å². The summed E-state index contributed by atoms with van der Waals surface area (Å²) in [5.41, 5.74) is 0.636. The fourth-order valence-corrected chi connectivity index (χ4v) is 4.74. The lowest BCUT2D eigenvalue weighted by Gasteiger charge is -2.52. The molecule has 0 spiro atoms. The largest absolute Gasteiger partial charge is 0.355 e. The van der Waals surface area contributed by atoms with Crippen molar-refractivity contribution >= 4 is 17.6 Å². The fourth-order valence-electron chi connectivity index (χ4n) is 4.74. The molecule has 3 aliphatic rings. The van der Waals surface area contributed by atoms with Gasteiger partial charge in [0.2, 0.25) is 5.91 Å². The van der Waals surface area contributed by atoms with Gasteiger partial charge in [-0.05, 0) is 43.2 Å². The van der Waals surface area contributed by atoms with Crippen LogP contribution in [0.1, 0.15) is 36.0 Å². The highest BCUT2D eigenvalue weighted by Gasteiger charge is 2.44. The second kappa shape index (κ2) is 6.07. The summed E-state index contributed by atoms with van der Waals surface area (Å²) in [5, 5.41) is 2.70. The van der Waals surface area contributed by atoms with Crippen molar-refractivity contribution in [1.29, 1.82) is 0 Å². The topological polar surface area (TPSA) is 65.5 Å². The first kappa shape index (κ1) is 15.4. The standard InChI is InChI=1S/C18H24N4O2/c1-19-18(24)14-4-3-7-20-17(14)21-9-12-8-13(11-21)15-5-2-6-16(23)22(15)10-12/h3-4,7,12-13,15H,2,5-6,8-11H2,1H3,(H,19,24)/t12-,13-,15-/m1/s1. The van der Waals surface area contributed by atoms with E-state index < -0.39 is 0 Å². The molecule has 0 saturated carbocycles. The molecule has 1 aromatic rings. The number of piperidine rings is 3. The molecule has 2 bridgehead atoms. The Morgan fingerprint density at radius 3 is 3.04 bits per heavy atom. The van der Waals surface area contributed by atoms with Crippen molar-refractivity contribution in [2.45, 2.75) is 31.7 Å². The van der Waals surface area contributed by atoms with Crippen LogP contribution in [0.5, 0.6) is 0 Å². The summed E-state index contributed by atoms with van der Waals surface area (Å²) in [6.07, 6.45) is 5.77. The second-order valence-electron chi connectivity index (χ2n) is 7.23. The maximum Gasteiger partial charge on any atom is 0.254 e. The molecule has 4 heterocycles. The number of aromatic nitrogens is 1. The highest BCUT2D eigenvalue weighted by atomic mass is 16.2. The Morgan fingerprint density at radius 2 is 2.21 bits per heavy atom. The minimum Gasteiger partial charge on any atom is -0.355 e. The molecule has 0 unspecified atom stereocenters. The Morgan fingerprint density at radius 1 is 1.33 bits per heavy atom. The van der Waals surface area contributed by atoms with Crippen molar-refractivity contribution in [3.05, 3.63) is 23.9 Å². The van der Waals surface area contributed by atoms with Crippen LogP contribution < -0.4 is 10.2 Å². The number of nitrogens with zero attached hydrogens (tertiary/aromatic N) is 3. The molecule has 6 nitrogen and oxygen atoms in total. The van der Waals surface area contributed by atoms with Crippen LogP contribution in [0.4, 0.5) is 5.82 Å². The average Bonchev–Trinajstić information content (AvgIpc) is 2.62. The molecule has 1 aromatic heterocycles. The van der Waals surface area contributed by atoms with Crippen LogP contribution in [0.2, 0.25) is 0 Å². The Hall–Kier alpha value is -2.11. The molecule has 0 aromatic carbocycles. The average molecular weight is 328 g/mol. The third-order valence-corrected chi connectivity index (χ3v) is 5.74. The van der Waals surface area contributed by atoms with E-state index >= 15 is 0 Å². The van der Waals surface area contributed by atoms with Crippen molar-refractivity contribution in [2.75, 3.05) is 31.6 Å². The first-order valence-electron chi connectivity index (χ1n) is 8.89. The van der Waals surface area contributed by atoms with Crippen molar-refractivity contribution in [3.8, 4) is 0 Å². The molecule has 3 fully saturated rings. The number of anilines is 1. The maximum absolute atomic E-state index is 12.2. The molecule has 6 heteroatoms. The van der Waals surface area contributed by atoms with Gasteiger partial charge in [0.1, 0.15) is 5.82 Å². The third-order valence-electron chi connectivity index (χ3n) is 5.74. The van der Waals surface area contributed by atoms with E-state index in [0.29, 0.717) is 35.8 Å². The summed E-state index contributed by atoms with van der Waals surface area (Å²) in [6, 6.07) is 4.01. The highest BCUT2D eigenvalue weighted by molar-refractivity contribution is 5.98. The number of hydrogen-bond donors (Lipinski definition) is 1. The zero-order valence-electron chi connectivity index (χ0n) is 14.1. The van der Waals surface area contributed by atoms with Crippen LogP contribution in [0, 0.1) is 11.8 Å². The summed E-state index contributed by atoms with van der Waals surface area (Å²) >= 11 is 0. The molecule has 3 aliphatic heterocycles. The molecule has 1 N–H and O–H groups in total. The van der Waals surface area contributed by atoms with Crippen LogP contribution in [0.15, 0.2) is 18.3 Å². The van der Waals surface area contributed by atoms with E-state index in [1.807, 2.05) is 6.07 Å². The highest BCUT2D eigenvalue weighted by Crippen LogP contribution is 2.39. The van der Waals surface area contributed by atoms with Gasteiger partial charge in [0.15, 0.2) is 0 Å². The van der Waals surface area contributed by atoms with Crippen LogP contribution in [-0.4, -0.2) is 54.4 Å². The molecule has 0 aliphatic carbocycles. The monoisotopic (exact) mass is 328 g/mol. The Bertz CT molecular complexity index is 662. The predicted octanol–water partition coefficient (Wildman–Crippen LogP) is 1.28. The third kappa shape index (κ3) is 2.54. The number of pyridine rings is 1. The van der Waals surface area contributed by atoms with Gasteiger partial charge in [-0.25, -0.2) is 4.98 Å². The maximum atomic E-state index is 12.2. The van der Waals surface area contributed by atoms with E-state index in [0.717, 1.165) is 38.3 Å². The van der Waals surface area contributed by atoms with Gasteiger partial charge in [0.25, 0.3) is 5.91 Å². The van der Waals surface area contributed by atoms with Gasteiger partial charge in [0, 0.05) is 45.3 Å². The summed E-state index contributed by atoms with van der Waals surface area (Å²) < 4.78 is 0. The van der Waals surface area contributed by atoms with E-state index in [1.165, 1.54) is 6.42 Å². The lowest BCUT2D eigenvalue weighted by Crippen LogP contribution is -2.60. The Labute approximate surface area is 142 Å². The number of hydrogen-bond acceptors (Lipinski definition) is 4. The quantitative estimate of drug-likeness (QED) is 0.888. The smallest absolute Gasteiger partial charge is 0.254 e. The van der Waals surface area contributed by atoms with E-state index in [2.05, 4.69) is 20.1 Å². The fraction of sp³-hybridized carbons (Fsp3) is 0.611. The second-order valence-corrected chi connectivity index (χ2v) is 7.23. The molecule has 2 amide bonds. The first-order valence-corrected chi connectivity index (χ1v) is 8.89. The molecule has 3 atom stereocenters. The Balaban J connectivity index is 1.60. The molecule has 0 radical (unpaired) electrons. The summed E-state index contributed by atoms with van der Waals surface area (Å²) in [6.45, 7) is 2.61. The minimum atomic E-state index is -0.0942. The van der Waals surface area contributed by atoms with Crippen LogP contribution in [0.3, 0.4) is 0 Å². The first-order chi connectivity index (χ1) is 11.7. The lowest BCUT2D eigenvalue weighted by atomic mass is 9.76. The van der Waals surface area contributed by atoms with E-state index in [4.69, 9.17) is 0 Å². The SMILES string of the molecule is CNC(=O)c1cccnc1N1C[C@H]2C[C@H](C1)[C@H]1CCCC(=O)N1C2. The van der Waals surface area contributed by atoms with Gasteiger partial charge in [-0.2, -0.15) is 0 Å². The molecule has 24 heavy (non-hydrogen) atoms. The number of fused-ring (bicyclic) bond motifs is 4. The zero-order valence-corrected chi connectivity index (χ0v) is 14.1. The summed E-state index contributed by atoms with van der Waals surface area (Å²) in [5.74, 6) is 1.98. The Kier molecular flexibility index (Phi) is 3.90. The van der Waals surface area contributed by atoms with Crippen molar-refractivity contribution in [2.24, 2.45) is 11.8 Å². The van der Waals surface area contributed by atoms with E-state index in [-0.39, 0.29) is 5.91 Å². The zero-order chi connectivity index (χ0) is 16.7. The van der Waals surface area contributed by atoms with Gasteiger partial charge in [-0.15, -0.1) is 0 Å². The lowest BCUT2D eigenvalue weighted by molar-refractivity contribution is -0.142. The number of carbonyl (C=O) groups excluding carboxylic acids is 2. The number of amides is 2. The van der Waals surface area contributed by atoms with Gasteiger partial charge < -0.3 is 15.1 Å². The molecular weight excluding hydrogens is 304 g/mol.